The number of carbonyl (C=O) groups is 7. The molecule has 418 valence electrons. The van der Waals surface area contributed by atoms with E-state index in [-0.39, 0.29) is 74.7 Å². The summed E-state index contributed by atoms with van der Waals surface area (Å²) in [5.74, 6) is -1.93. The molecule has 0 atom stereocenters. The van der Waals surface area contributed by atoms with E-state index < -0.39 is 5.91 Å². The first kappa shape index (κ1) is 59.5. The fraction of sp³-hybridized carbons (Fsp3) is 0.269. The number of hydrogen-bond acceptors (Lipinski definition) is 7. The molecule has 0 radical (unpaired) electrons. The first-order chi connectivity index (χ1) is 39.3. The standard InChI is InChI=1S/C67H73N7O7/c1-7-69(62(76)48-28-14-13-15-29-48)43-50-31-17-23-37-56(50)64(78)71(9-3)45-52-33-19-25-39-58(52)66(80)73(11-5)47-54-35-21-27-41-60(54)67(81)74(12-6)46-53-34-20-26-40-59(53)65(79)72(10-4)44-51-32-18-24-38-57(51)63(77)70(8-2)42-49-30-16-22-36-55(49)61(68)75/h13-41H,7-12,42-47H2,1-6H3,(H2,68,75). The van der Waals surface area contributed by atoms with E-state index in [1.54, 1.807) is 120 Å². The number of benzene rings is 7. The van der Waals surface area contributed by atoms with E-state index in [9.17, 15) is 33.6 Å². The van der Waals surface area contributed by atoms with Gasteiger partial charge in [0.05, 0.1) is 0 Å². The minimum atomic E-state index is -0.573. The average molecular weight is 1090 g/mol. The minimum absolute atomic E-state index is 0.124. The predicted molar refractivity (Wildman–Crippen MR) is 316 cm³/mol. The Morgan fingerprint density at radius 3 is 0.667 bits per heavy atom. The maximum atomic E-state index is 14.8. The molecule has 7 rings (SSSR count). The van der Waals surface area contributed by atoms with Crippen molar-refractivity contribution >= 4 is 41.4 Å². The maximum absolute atomic E-state index is 14.8. The van der Waals surface area contributed by atoms with Crippen LogP contribution in [0.25, 0.3) is 0 Å². The lowest BCUT2D eigenvalue weighted by atomic mass is 10.0. The Morgan fingerprint density at radius 2 is 0.444 bits per heavy atom. The molecular formula is C67H73N7O7. The van der Waals surface area contributed by atoms with E-state index in [2.05, 4.69) is 0 Å². The number of nitrogens with two attached hydrogens (primary N) is 1. The van der Waals surface area contributed by atoms with E-state index in [1.165, 1.54) is 0 Å². The summed E-state index contributed by atoms with van der Waals surface area (Å²) in [6, 6.07) is 52.4. The van der Waals surface area contributed by atoms with Crippen LogP contribution in [0.4, 0.5) is 0 Å². The molecule has 0 aliphatic carbocycles. The largest absolute Gasteiger partial charge is 0.366 e. The third-order valence-electron chi connectivity index (χ3n) is 14.7. The lowest BCUT2D eigenvalue weighted by Gasteiger charge is -2.28. The summed E-state index contributed by atoms with van der Waals surface area (Å²) >= 11 is 0. The summed E-state index contributed by atoms with van der Waals surface area (Å²) in [5.41, 5.74) is 12.8. The molecule has 14 nitrogen and oxygen atoms in total. The van der Waals surface area contributed by atoms with Crippen molar-refractivity contribution in [1.29, 1.82) is 0 Å². The Hall–Kier alpha value is -9.17. The molecule has 0 bridgehead atoms. The maximum Gasteiger partial charge on any atom is 0.254 e. The molecule has 0 spiro atoms. The topological polar surface area (TPSA) is 165 Å². The zero-order valence-corrected chi connectivity index (χ0v) is 47.3. The first-order valence-corrected chi connectivity index (χ1v) is 27.8. The second-order valence-corrected chi connectivity index (χ2v) is 19.6. The molecule has 0 saturated carbocycles. The average Bonchev–Trinajstić information content (AvgIpc) is 3.52. The van der Waals surface area contributed by atoms with Gasteiger partial charge in [-0.1, -0.05) is 127 Å². The molecule has 7 amide bonds. The molecule has 0 fully saturated rings. The zero-order chi connectivity index (χ0) is 58.0. The number of carbonyl (C=O) groups excluding carboxylic acids is 7. The van der Waals surface area contributed by atoms with Crippen molar-refractivity contribution in [2.24, 2.45) is 5.73 Å². The summed E-state index contributed by atoms with van der Waals surface area (Å²) in [7, 11) is 0. The predicted octanol–water partition coefficient (Wildman–Crippen LogP) is 10.8. The van der Waals surface area contributed by atoms with Gasteiger partial charge in [0.25, 0.3) is 35.4 Å². The Balaban J connectivity index is 1.06. The van der Waals surface area contributed by atoms with E-state index in [0.717, 1.165) is 5.56 Å². The minimum Gasteiger partial charge on any atom is -0.366 e. The molecule has 0 unspecified atom stereocenters. The van der Waals surface area contributed by atoms with Gasteiger partial charge in [-0.25, -0.2) is 0 Å². The summed E-state index contributed by atoms with van der Waals surface area (Å²) in [6.07, 6.45) is 0. The van der Waals surface area contributed by atoms with Gasteiger partial charge in [-0.3, -0.25) is 33.6 Å². The summed E-state index contributed by atoms with van der Waals surface area (Å²) < 4.78 is 0. The first-order valence-electron chi connectivity index (χ1n) is 27.8. The highest BCUT2D eigenvalue weighted by atomic mass is 16.2. The quantitative estimate of drug-likeness (QED) is 0.0595. The van der Waals surface area contributed by atoms with Crippen molar-refractivity contribution in [2.75, 3.05) is 39.3 Å². The lowest BCUT2D eigenvalue weighted by molar-refractivity contribution is 0.0711. The Labute approximate surface area is 476 Å². The van der Waals surface area contributed by atoms with Crippen molar-refractivity contribution < 1.29 is 33.6 Å². The van der Waals surface area contributed by atoms with Gasteiger partial charge < -0.3 is 35.1 Å². The molecule has 2 N–H and O–H groups in total. The Morgan fingerprint density at radius 1 is 0.259 bits per heavy atom. The normalized spacial score (nSPS) is 10.8. The molecule has 0 aliphatic heterocycles. The summed E-state index contributed by atoms with van der Waals surface area (Å²) in [5, 5.41) is 0. The molecule has 0 heterocycles. The van der Waals surface area contributed by atoms with Gasteiger partial charge in [-0.05, 0) is 123 Å². The van der Waals surface area contributed by atoms with Gasteiger partial charge >= 0.3 is 0 Å². The van der Waals surface area contributed by atoms with Crippen LogP contribution >= 0.6 is 0 Å². The number of nitrogens with zero attached hydrogens (tertiary/aromatic N) is 6. The number of primary amides is 1. The fourth-order valence-corrected chi connectivity index (χ4v) is 10.0. The van der Waals surface area contributed by atoms with Gasteiger partial charge in [-0.15, -0.1) is 0 Å². The Kier molecular flexibility index (Phi) is 21.0. The summed E-state index contributed by atoms with van der Waals surface area (Å²) in [4.78, 5) is 109. The van der Waals surface area contributed by atoms with E-state index in [1.807, 2.05) is 126 Å². The highest BCUT2D eigenvalue weighted by Crippen LogP contribution is 2.25. The van der Waals surface area contributed by atoms with Crippen LogP contribution in [0.3, 0.4) is 0 Å². The van der Waals surface area contributed by atoms with Crippen LogP contribution in [0.15, 0.2) is 176 Å². The van der Waals surface area contributed by atoms with Crippen LogP contribution in [0.2, 0.25) is 0 Å². The molecular weight excluding hydrogens is 1010 g/mol. The van der Waals surface area contributed by atoms with Crippen molar-refractivity contribution in [1.82, 2.24) is 29.4 Å². The molecule has 0 aromatic heterocycles. The van der Waals surface area contributed by atoms with Crippen LogP contribution in [0, 0.1) is 0 Å². The van der Waals surface area contributed by atoms with Crippen molar-refractivity contribution in [3.05, 3.63) is 248 Å². The fourth-order valence-electron chi connectivity index (χ4n) is 10.0. The third kappa shape index (κ3) is 14.4. The molecule has 81 heavy (non-hydrogen) atoms. The molecule has 7 aromatic carbocycles. The lowest BCUT2D eigenvalue weighted by Crippen LogP contribution is -2.36. The monoisotopic (exact) mass is 1090 g/mol. The van der Waals surface area contributed by atoms with Crippen molar-refractivity contribution in [3.8, 4) is 0 Å². The van der Waals surface area contributed by atoms with Crippen LogP contribution in [0.5, 0.6) is 0 Å². The third-order valence-corrected chi connectivity index (χ3v) is 14.7. The molecule has 7 aromatic rings. The second kappa shape index (κ2) is 28.6. The van der Waals surface area contributed by atoms with Gasteiger partial charge in [0.2, 0.25) is 5.91 Å². The smallest absolute Gasteiger partial charge is 0.254 e. The van der Waals surface area contributed by atoms with Crippen LogP contribution in [-0.2, 0) is 39.3 Å². The molecule has 0 saturated heterocycles. The van der Waals surface area contributed by atoms with Crippen LogP contribution in [0.1, 0.15) is 147 Å². The van der Waals surface area contributed by atoms with E-state index in [4.69, 9.17) is 5.73 Å². The van der Waals surface area contributed by atoms with Crippen LogP contribution < -0.4 is 5.73 Å². The highest BCUT2D eigenvalue weighted by Gasteiger charge is 2.28. The van der Waals surface area contributed by atoms with Crippen LogP contribution in [-0.4, -0.2) is 110 Å². The van der Waals surface area contributed by atoms with Gasteiger partial charge in [0, 0.05) is 117 Å². The van der Waals surface area contributed by atoms with Crippen molar-refractivity contribution in [2.45, 2.75) is 80.8 Å². The van der Waals surface area contributed by atoms with E-state index in [0.29, 0.717) is 106 Å². The SMILES string of the molecule is CCN(Cc1ccccc1C(=O)N(CC)Cc1ccccc1C(=O)N(CC)Cc1ccccc1C(=O)N(CC)Cc1ccccc1C(=O)N(CC)Cc1ccccc1C(=O)N(CC)Cc1ccccc1C(N)=O)C(=O)c1ccccc1. The van der Waals surface area contributed by atoms with Gasteiger partial charge in [0.1, 0.15) is 0 Å². The molecule has 14 heteroatoms. The van der Waals surface area contributed by atoms with E-state index >= 15 is 0 Å². The number of amides is 7. The van der Waals surface area contributed by atoms with Gasteiger partial charge in [0.15, 0.2) is 0 Å². The number of rotatable bonds is 25. The zero-order valence-electron chi connectivity index (χ0n) is 47.3. The number of hydrogen-bond donors (Lipinski definition) is 1. The summed E-state index contributed by atoms with van der Waals surface area (Å²) in [6.45, 7) is 14.5. The van der Waals surface area contributed by atoms with Crippen molar-refractivity contribution in [3.63, 3.8) is 0 Å². The van der Waals surface area contributed by atoms with Gasteiger partial charge in [-0.2, -0.15) is 0 Å². The second-order valence-electron chi connectivity index (χ2n) is 19.6. The molecule has 0 aliphatic rings. The Bertz CT molecular complexity index is 3360. The highest BCUT2D eigenvalue weighted by molar-refractivity contribution is 6.01.